The van der Waals surface area contributed by atoms with Gasteiger partial charge in [-0.2, -0.15) is 0 Å². The molecule has 0 aromatic heterocycles. The highest BCUT2D eigenvalue weighted by Crippen LogP contribution is 2.24. The van der Waals surface area contributed by atoms with Crippen LogP contribution in [0.2, 0.25) is 0 Å². The molecule has 1 aromatic carbocycles. The van der Waals surface area contributed by atoms with Gasteiger partial charge in [0.2, 0.25) is 0 Å². The summed E-state index contributed by atoms with van der Waals surface area (Å²) in [5.74, 6) is 0. The smallest absolute Gasteiger partial charge is 0.0896 e. The molecular formula is C18H30N2O. The molecule has 0 bridgehead atoms. The van der Waals surface area contributed by atoms with Crippen LogP contribution in [0, 0.1) is 13.8 Å². The highest BCUT2D eigenvalue weighted by atomic mass is 16.5. The fraction of sp³-hybridized carbons (Fsp3) is 0.667. The van der Waals surface area contributed by atoms with Crippen molar-refractivity contribution in [1.29, 1.82) is 0 Å². The van der Waals surface area contributed by atoms with Gasteiger partial charge in [-0.3, -0.25) is 4.90 Å². The second kappa shape index (κ2) is 7.92. The molecule has 1 aliphatic heterocycles. The normalized spacial score (nSPS) is 21.4. The quantitative estimate of drug-likeness (QED) is 0.871. The van der Waals surface area contributed by atoms with Gasteiger partial charge >= 0.3 is 0 Å². The van der Waals surface area contributed by atoms with Crippen molar-refractivity contribution in [1.82, 2.24) is 10.2 Å². The lowest BCUT2D eigenvalue weighted by Gasteiger charge is -2.37. The zero-order valence-electron chi connectivity index (χ0n) is 14.0. The Hall–Kier alpha value is -0.900. The average Bonchev–Trinajstić information content (AvgIpc) is 2.48. The molecule has 1 saturated heterocycles. The summed E-state index contributed by atoms with van der Waals surface area (Å²) in [5.41, 5.74) is 4.06. The van der Waals surface area contributed by atoms with E-state index < -0.39 is 0 Å². The van der Waals surface area contributed by atoms with E-state index in [9.17, 15) is 0 Å². The van der Waals surface area contributed by atoms with Crippen LogP contribution in [0.25, 0.3) is 0 Å². The molecule has 0 amide bonds. The lowest BCUT2D eigenvalue weighted by atomic mass is 9.96. The Morgan fingerprint density at radius 3 is 2.76 bits per heavy atom. The Kier molecular flexibility index (Phi) is 6.22. The highest BCUT2D eigenvalue weighted by molar-refractivity contribution is 5.32. The summed E-state index contributed by atoms with van der Waals surface area (Å²) >= 11 is 0. The van der Waals surface area contributed by atoms with Crippen molar-refractivity contribution in [2.24, 2.45) is 0 Å². The number of nitrogens with zero attached hydrogens (tertiary/aromatic N) is 1. The molecule has 21 heavy (non-hydrogen) atoms. The lowest BCUT2D eigenvalue weighted by molar-refractivity contribution is -0.0468. The molecule has 1 aliphatic rings. The third-order valence-corrected chi connectivity index (χ3v) is 4.40. The molecule has 1 heterocycles. The minimum atomic E-state index is 0.243. The van der Waals surface area contributed by atoms with Gasteiger partial charge in [0, 0.05) is 13.1 Å². The topological polar surface area (TPSA) is 24.5 Å². The molecule has 2 unspecified atom stereocenters. The van der Waals surface area contributed by atoms with Crippen molar-refractivity contribution in [2.45, 2.75) is 46.3 Å². The Labute approximate surface area is 129 Å². The predicted molar refractivity (Wildman–Crippen MR) is 88.8 cm³/mol. The van der Waals surface area contributed by atoms with Crippen LogP contribution in [0.1, 0.15) is 43.0 Å². The van der Waals surface area contributed by atoms with Crippen molar-refractivity contribution in [3.05, 3.63) is 34.9 Å². The van der Waals surface area contributed by atoms with E-state index in [1.165, 1.54) is 29.7 Å². The molecule has 2 atom stereocenters. The predicted octanol–water partition coefficient (Wildman–Crippen LogP) is 3.06. The first-order valence-corrected chi connectivity index (χ1v) is 8.30. The number of aryl methyl sites for hydroxylation is 2. The van der Waals surface area contributed by atoms with Crippen LogP contribution in [0.5, 0.6) is 0 Å². The number of hydrogen-bond acceptors (Lipinski definition) is 3. The van der Waals surface area contributed by atoms with E-state index >= 15 is 0 Å². The molecule has 1 fully saturated rings. The molecule has 0 aliphatic carbocycles. The van der Waals surface area contributed by atoms with Gasteiger partial charge in [0.05, 0.1) is 18.8 Å². The first-order valence-electron chi connectivity index (χ1n) is 8.30. The van der Waals surface area contributed by atoms with Crippen molar-refractivity contribution in [2.75, 3.05) is 32.8 Å². The van der Waals surface area contributed by atoms with E-state index in [2.05, 4.69) is 56.1 Å². The molecule has 0 saturated carbocycles. The molecule has 0 spiro atoms. The van der Waals surface area contributed by atoms with Crippen molar-refractivity contribution in [3.8, 4) is 0 Å². The second-order valence-electron chi connectivity index (χ2n) is 6.09. The first kappa shape index (κ1) is 16.5. The Balaban J connectivity index is 2.15. The SMILES string of the molecule is CCCN1CCOC(C(NCC)c2ccc(C)c(C)c2)C1. The molecule has 0 radical (unpaired) electrons. The van der Waals surface area contributed by atoms with Crippen molar-refractivity contribution < 1.29 is 4.74 Å². The number of benzene rings is 1. The minimum Gasteiger partial charge on any atom is -0.374 e. The van der Waals surface area contributed by atoms with Gasteiger partial charge in [-0.15, -0.1) is 0 Å². The molecule has 1 N–H and O–H groups in total. The van der Waals surface area contributed by atoms with Gasteiger partial charge in [0.15, 0.2) is 0 Å². The summed E-state index contributed by atoms with van der Waals surface area (Å²) in [6.45, 7) is 13.8. The van der Waals surface area contributed by atoms with E-state index in [-0.39, 0.29) is 12.1 Å². The summed E-state index contributed by atoms with van der Waals surface area (Å²) in [4.78, 5) is 2.53. The van der Waals surface area contributed by atoms with Crippen LogP contribution in [0.3, 0.4) is 0 Å². The van der Waals surface area contributed by atoms with Gasteiger partial charge in [0.1, 0.15) is 0 Å². The van der Waals surface area contributed by atoms with Crippen molar-refractivity contribution >= 4 is 0 Å². The number of ether oxygens (including phenoxy) is 1. The van der Waals surface area contributed by atoms with Crippen LogP contribution in [0.4, 0.5) is 0 Å². The Morgan fingerprint density at radius 2 is 2.10 bits per heavy atom. The monoisotopic (exact) mass is 290 g/mol. The van der Waals surface area contributed by atoms with Crippen molar-refractivity contribution in [3.63, 3.8) is 0 Å². The number of nitrogens with one attached hydrogen (secondary N) is 1. The summed E-state index contributed by atoms with van der Waals surface area (Å²) in [6.07, 6.45) is 1.45. The fourth-order valence-electron chi connectivity index (χ4n) is 3.09. The van der Waals surface area contributed by atoms with Crippen LogP contribution < -0.4 is 5.32 Å². The van der Waals surface area contributed by atoms with E-state index in [1.54, 1.807) is 0 Å². The van der Waals surface area contributed by atoms with Crippen LogP contribution in [-0.2, 0) is 4.74 Å². The maximum Gasteiger partial charge on any atom is 0.0896 e. The highest BCUT2D eigenvalue weighted by Gasteiger charge is 2.28. The third kappa shape index (κ3) is 4.29. The summed E-state index contributed by atoms with van der Waals surface area (Å²) in [7, 11) is 0. The summed E-state index contributed by atoms with van der Waals surface area (Å²) in [6, 6.07) is 7.07. The van der Waals surface area contributed by atoms with E-state index in [4.69, 9.17) is 4.74 Å². The van der Waals surface area contributed by atoms with Crippen LogP contribution in [0.15, 0.2) is 18.2 Å². The zero-order valence-corrected chi connectivity index (χ0v) is 14.0. The van der Waals surface area contributed by atoms with E-state index in [1.807, 2.05) is 0 Å². The summed E-state index contributed by atoms with van der Waals surface area (Å²) in [5, 5.41) is 3.63. The molecule has 3 nitrogen and oxygen atoms in total. The Morgan fingerprint density at radius 1 is 1.29 bits per heavy atom. The molecule has 1 aromatic rings. The average molecular weight is 290 g/mol. The van der Waals surface area contributed by atoms with Gasteiger partial charge < -0.3 is 10.1 Å². The number of morpholine rings is 1. The number of likely N-dealkylation sites (N-methyl/N-ethyl adjacent to an activating group) is 1. The van der Waals surface area contributed by atoms with Crippen LogP contribution >= 0.6 is 0 Å². The molecule has 118 valence electrons. The standard InChI is InChI=1S/C18H30N2O/c1-5-9-20-10-11-21-17(13-20)18(19-6-2)16-8-7-14(3)15(4)12-16/h7-8,12,17-19H,5-6,9-11,13H2,1-4H3. The molecular weight excluding hydrogens is 260 g/mol. The largest absolute Gasteiger partial charge is 0.374 e. The maximum atomic E-state index is 6.09. The Bertz CT molecular complexity index is 445. The van der Waals surface area contributed by atoms with Crippen LogP contribution in [-0.4, -0.2) is 43.8 Å². The second-order valence-corrected chi connectivity index (χ2v) is 6.09. The molecule has 3 heteroatoms. The molecule has 2 rings (SSSR count). The summed E-state index contributed by atoms with van der Waals surface area (Å²) < 4.78 is 6.09. The van der Waals surface area contributed by atoms with Gasteiger partial charge in [-0.25, -0.2) is 0 Å². The maximum absolute atomic E-state index is 6.09. The van der Waals surface area contributed by atoms with Gasteiger partial charge in [-0.1, -0.05) is 32.0 Å². The first-order chi connectivity index (χ1) is 10.2. The third-order valence-electron chi connectivity index (χ3n) is 4.40. The van der Waals surface area contributed by atoms with E-state index in [0.717, 1.165) is 26.2 Å². The fourth-order valence-corrected chi connectivity index (χ4v) is 3.09. The minimum absolute atomic E-state index is 0.243. The number of hydrogen-bond donors (Lipinski definition) is 1. The van der Waals surface area contributed by atoms with Gasteiger partial charge in [0.25, 0.3) is 0 Å². The van der Waals surface area contributed by atoms with Gasteiger partial charge in [-0.05, 0) is 50.0 Å². The lowest BCUT2D eigenvalue weighted by Crippen LogP contribution is -2.48. The number of rotatable bonds is 6. The van der Waals surface area contributed by atoms with E-state index in [0.29, 0.717) is 0 Å². The zero-order chi connectivity index (χ0) is 15.2.